The van der Waals surface area contributed by atoms with Crippen LogP contribution in [0.3, 0.4) is 0 Å². The summed E-state index contributed by atoms with van der Waals surface area (Å²) in [5, 5.41) is 2.57. The number of cyclic esters (lactones) is 1. The molecule has 0 saturated carbocycles. The van der Waals surface area contributed by atoms with Crippen LogP contribution in [0, 0.1) is 30.1 Å². The van der Waals surface area contributed by atoms with E-state index in [0.717, 1.165) is 11.1 Å². The van der Waals surface area contributed by atoms with E-state index in [0.29, 0.717) is 11.3 Å². The molecule has 5 nitrogen and oxygen atoms in total. The molecule has 10 heteroatoms. The molecular formula is C34H52F3NO4SSi. The van der Waals surface area contributed by atoms with Gasteiger partial charge in [0.2, 0.25) is 0 Å². The van der Waals surface area contributed by atoms with E-state index < -0.39 is 49.6 Å². The maximum absolute atomic E-state index is 14.2. The summed E-state index contributed by atoms with van der Waals surface area (Å²) in [4.78, 5) is 31.8. The van der Waals surface area contributed by atoms with Crippen molar-refractivity contribution in [3.63, 3.8) is 0 Å². The summed E-state index contributed by atoms with van der Waals surface area (Å²) in [7, 11) is -2.35. The van der Waals surface area contributed by atoms with E-state index in [9.17, 15) is 22.8 Å². The van der Waals surface area contributed by atoms with Crippen molar-refractivity contribution < 1.29 is 31.9 Å². The molecule has 0 N–H and O–H groups in total. The molecule has 5 atom stereocenters. The van der Waals surface area contributed by atoms with Crippen molar-refractivity contribution in [2.45, 2.75) is 125 Å². The van der Waals surface area contributed by atoms with E-state index in [4.69, 9.17) is 9.16 Å². The van der Waals surface area contributed by atoms with Crippen LogP contribution >= 0.6 is 11.3 Å². The second kappa shape index (κ2) is 14.6. The molecule has 0 aromatic carbocycles. The first kappa shape index (κ1) is 38.1. The Morgan fingerprint density at radius 3 is 2.30 bits per heavy atom. The van der Waals surface area contributed by atoms with Gasteiger partial charge in [-0.1, -0.05) is 73.6 Å². The Bertz CT molecular complexity index is 1260. The highest BCUT2D eigenvalue weighted by atomic mass is 32.1. The molecular weight excluding hydrogens is 604 g/mol. The highest BCUT2D eigenvalue weighted by Crippen LogP contribution is 2.42. The molecule has 248 valence electrons. The number of Topliss-reactive ketones (excluding diaryl/α,β-unsaturated/α-hetero) is 1. The van der Waals surface area contributed by atoms with Gasteiger partial charge in [-0.15, -0.1) is 11.3 Å². The van der Waals surface area contributed by atoms with Crippen LogP contribution in [-0.2, 0) is 18.8 Å². The average Bonchev–Trinajstić information content (AvgIpc) is 3.29. The third-order valence-corrected chi connectivity index (χ3v) is 14.8. The minimum absolute atomic E-state index is 0.0451. The average molecular weight is 656 g/mol. The van der Waals surface area contributed by atoms with Crippen molar-refractivity contribution in [2.75, 3.05) is 0 Å². The summed E-state index contributed by atoms with van der Waals surface area (Å²) >= 11 is 1.46. The second-order valence-electron chi connectivity index (χ2n) is 14.4. The maximum Gasteiger partial charge on any atom is 0.412 e. The first-order valence-electron chi connectivity index (χ1n) is 15.4. The van der Waals surface area contributed by atoms with Gasteiger partial charge in [-0.3, -0.25) is 9.59 Å². The molecule has 1 aliphatic heterocycles. The molecule has 2 heterocycles. The van der Waals surface area contributed by atoms with Crippen molar-refractivity contribution in [1.29, 1.82) is 0 Å². The number of hydrogen-bond acceptors (Lipinski definition) is 6. The number of rotatable bonds is 4. The SMILES string of the molecule is C/C(=C/c1csc(C)n1)[C@@H]1C/C=C(/C(F)(F)F)C/C=C/[C@H](C)[C@H](O[Si](C)(C)C(C)(C)C)[C@@H](C)C(=O)C(C)(C)[C@@H](C)CC(=O)O1. The number of carbonyl (C=O) groups excluding carboxylic acids is 2. The number of aryl methyl sites for hydroxylation is 1. The van der Waals surface area contributed by atoms with E-state index in [1.54, 1.807) is 19.1 Å². The molecule has 1 aliphatic rings. The lowest BCUT2D eigenvalue weighted by molar-refractivity contribution is -0.150. The Morgan fingerprint density at radius 1 is 1.16 bits per heavy atom. The highest BCUT2D eigenvalue weighted by molar-refractivity contribution is 7.09. The second-order valence-corrected chi connectivity index (χ2v) is 20.3. The van der Waals surface area contributed by atoms with Crippen LogP contribution in [-0.4, -0.2) is 43.4 Å². The fourth-order valence-electron chi connectivity index (χ4n) is 5.06. The normalized spacial score (nSPS) is 29.1. The molecule has 0 fully saturated rings. The largest absolute Gasteiger partial charge is 0.457 e. The zero-order valence-electron chi connectivity index (χ0n) is 28.5. The lowest BCUT2D eigenvalue weighted by atomic mass is 9.69. The number of aromatic nitrogens is 1. The van der Waals surface area contributed by atoms with Crippen molar-refractivity contribution in [2.24, 2.45) is 23.2 Å². The van der Waals surface area contributed by atoms with Crippen LogP contribution in [0.4, 0.5) is 13.2 Å². The number of carbonyl (C=O) groups is 2. The predicted molar refractivity (Wildman–Crippen MR) is 176 cm³/mol. The van der Waals surface area contributed by atoms with Crippen LogP contribution in [0.2, 0.25) is 18.1 Å². The summed E-state index contributed by atoms with van der Waals surface area (Å²) in [6.07, 6.45) is -0.405. The number of thiazole rings is 1. The van der Waals surface area contributed by atoms with E-state index in [1.807, 2.05) is 46.9 Å². The fraction of sp³-hybridized carbons (Fsp3) is 0.676. The fourth-order valence-corrected chi connectivity index (χ4v) is 7.08. The van der Waals surface area contributed by atoms with Gasteiger partial charge >= 0.3 is 12.1 Å². The third-order valence-electron chi connectivity index (χ3n) is 9.52. The van der Waals surface area contributed by atoms with Gasteiger partial charge < -0.3 is 9.16 Å². The van der Waals surface area contributed by atoms with E-state index in [2.05, 4.69) is 38.8 Å². The Balaban J connectivity index is 2.61. The van der Waals surface area contributed by atoms with Crippen molar-refractivity contribution in [3.05, 3.63) is 45.5 Å². The Hall–Kier alpha value is -2.04. The summed E-state index contributed by atoms with van der Waals surface area (Å²) < 4.78 is 55.1. The van der Waals surface area contributed by atoms with Gasteiger partial charge in [0.25, 0.3) is 0 Å². The molecule has 1 aromatic rings. The van der Waals surface area contributed by atoms with E-state index >= 15 is 0 Å². The topological polar surface area (TPSA) is 65.5 Å². The van der Waals surface area contributed by atoms with E-state index in [1.165, 1.54) is 17.4 Å². The molecule has 1 aromatic heterocycles. The first-order valence-corrected chi connectivity index (χ1v) is 19.2. The summed E-state index contributed by atoms with van der Waals surface area (Å²) in [6.45, 7) is 23.4. The van der Waals surface area contributed by atoms with Crippen molar-refractivity contribution in [1.82, 2.24) is 4.98 Å². The van der Waals surface area contributed by atoms with Gasteiger partial charge in [-0.25, -0.2) is 4.98 Å². The lowest BCUT2D eigenvalue weighted by Gasteiger charge is -2.43. The zero-order valence-corrected chi connectivity index (χ0v) is 30.3. The molecule has 0 aliphatic carbocycles. The van der Waals surface area contributed by atoms with Gasteiger partial charge in [-0.05, 0) is 61.9 Å². The number of allylic oxidation sites excluding steroid dienone is 2. The van der Waals surface area contributed by atoms with E-state index in [-0.39, 0.29) is 41.9 Å². The summed E-state index contributed by atoms with van der Waals surface area (Å²) in [5.74, 6) is -1.86. The summed E-state index contributed by atoms with van der Waals surface area (Å²) in [5.41, 5.74) is -0.343. The zero-order chi connectivity index (χ0) is 33.8. The number of esters is 1. The van der Waals surface area contributed by atoms with Crippen LogP contribution < -0.4 is 0 Å². The van der Waals surface area contributed by atoms with Gasteiger partial charge in [0.15, 0.2) is 8.32 Å². The molecule has 0 spiro atoms. The standard InChI is InChI=1S/C34H52F3NO4SSi/c1-21-14-13-15-26(34(35,36)37)16-17-28(22(2)18-27-20-43-25(5)38-27)41-29(39)19-23(3)33(9,10)31(40)24(4)30(21)42-44(11,12)32(6,7)8/h13-14,16,18,20-21,23-24,28,30H,15,17,19H2,1-12H3/b14-13+,22-18-,26-16+/t21-,23-,24+,28-,30-/m0/s1. The van der Waals surface area contributed by atoms with Crippen LogP contribution in [0.5, 0.6) is 0 Å². The number of nitrogens with zero attached hydrogens (tertiary/aromatic N) is 1. The molecule has 0 bridgehead atoms. The van der Waals surface area contributed by atoms with Crippen LogP contribution in [0.15, 0.2) is 34.8 Å². The molecule has 44 heavy (non-hydrogen) atoms. The number of alkyl halides is 3. The maximum atomic E-state index is 14.2. The molecule has 0 unspecified atom stereocenters. The van der Waals surface area contributed by atoms with Crippen LogP contribution in [0.1, 0.15) is 92.3 Å². The van der Waals surface area contributed by atoms with Gasteiger partial charge in [-0.2, -0.15) is 13.2 Å². The Kier molecular flexibility index (Phi) is 12.6. The number of ether oxygens (including phenoxy) is 1. The summed E-state index contributed by atoms with van der Waals surface area (Å²) in [6, 6.07) is 0. The van der Waals surface area contributed by atoms with Gasteiger partial charge in [0.1, 0.15) is 11.9 Å². The minimum Gasteiger partial charge on any atom is -0.457 e. The van der Waals surface area contributed by atoms with Crippen molar-refractivity contribution in [3.8, 4) is 0 Å². The first-order chi connectivity index (χ1) is 20.0. The van der Waals surface area contributed by atoms with Crippen molar-refractivity contribution >= 4 is 37.5 Å². The highest BCUT2D eigenvalue weighted by Gasteiger charge is 2.46. The predicted octanol–water partition coefficient (Wildman–Crippen LogP) is 9.89. The molecule has 0 amide bonds. The Labute approximate surface area is 267 Å². The molecule has 0 radical (unpaired) electrons. The quantitative estimate of drug-likeness (QED) is 0.184. The van der Waals surface area contributed by atoms with Gasteiger partial charge in [0.05, 0.1) is 16.8 Å². The molecule has 0 saturated heterocycles. The minimum atomic E-state index is -4.56. The third kappa shape index (κ3) is 9.98. The number of hydrogen-bond donors (Lipinski definition) is 0. The number of ketones is 1. The number of halogens is 3. The smallest absolute Gasteiger partial charge is 0.412 e. The van der Waals surface area contributed by atoms with Crippen LogP contribution in [0.25, 0.3) is 6.08 Å². The molecule has 2 rings (SSSR count). The lowest BCUT2D eigenvalue weighted by Crippen LogP contribution is -2.50. The Morgan fingerprint density at radius 2 is 1.77 bits per heavy atom. The monoisotopic (exact) mass is 655 g/mol. The van der Waals surface area contributed by atoms with Gasteiger partial charge in [0, 0.05) is 35.1 Å².